The van der Waals surface area contributed by atoms with E-state index < -0.39 is 39.8 Å². The highest BCUT2D eigenvalue weighted by Gasteiger charge is 2.70. The van der Waals surface area contributed by atoms with E-state index in [-0.39, 0.29) is 34.0 Å². The van der Waals surface area contributed by atoms with E-state index in [9.17, 15) is 28.7 Å². The van der Waals surface area contributed by atoms with Gasteiger partial charge in [0.15, 0.2) is 0 Å². The van der Waals surface area contributed by atoms with Crippen molar-refractivity contribution in [2.75, 3.05) is 5.32 Å². The van der Waals surface area contributed by atoms with Crippen molar-refractivity contribution in [3.63, 3.8) is 0 Å². The number of nitrogens with one attached hydrogen (secondary N) is 2. The minimum absolute atomic E-state index is 0.0980. The average Bonchev–Trinajstić information content (AvgIpc) is 3.58. The van der Waals surface area contributed by atoms with E-state index in [1.54, 1.807) is 17.6 Å². The fourth-order valence-corrected chi connectivity index (χ4v) is 6.56. The van der Waals surface area contributed by atoms with E-state index in [1.165, 1.54) is 28.3 Å². The quantitative estimate of drug-likeness (QED) is 0.383. The standard InChI is InChI=1S/C24H23FIN5O5/c1-11-17-16(18(29(2)19(11)32)27-15-6-3-12(26)7-14(15)25)20(33)30(13-4-5-13)22(36)31(17)24-8-23(9-24,10-24)28-21(34)35/h3,6-7,13,27-28H,4-5,8-10H2,1-2H3,(H,34,35). The third kappa shape index (κ3) is 3.12. The summed E-state index contributed by atoms with van der Waals surface area (Å²) in [7, 11) is 1.50. The first-order valence-electron chi connectivity index (χ1n) is 11.6. The van der Waals surface area contributed by atoms with Crippen LogP contribution in [0.1, 0.15) is 43.7 Å². The number of pyridine rings is 1. The Morgan fingerprint density at radius 3 is 2.42 bits per heavy atom. The van der Waals surface area contributed by atoms with Gasteiger partial charge in [-0.25, -0.2) is 14.0 Å². The predicted octanol–water partition coefficient (Wildman–Crippen LogP) is 2.89. The molecule has 0 unspecified atom stereocenters. The van der Waals surface area contributed by atoms with Gasteiger partial charge in [0.05, 0.1) is 22.3 Å². The second-order valence-corrected chi connectivity index (χ2v) is 11.5. The zero-order valence-corrected chi connectivity index (χ0v) is 21.7. The van der Waals surface area contributed by atoms with Crippen molar-refractivity contribution in [2.24, 2.45) is 7.05 Å². The summed E-state index contributed by atoms with van der Waals surface area (Å²) >= 11 is 1.99. The van der Waals surface area contributed by atoms with Crippen molar-refractivity contribution < 1.29 is 14.3 Å². The number of carbonyl (C=O) groups is 1. The number of carboxylic acid groups (broad SMARTS) is 1. The lowest BCUT2D eigenvalue weighted by molar-refractivity contribution is -0.133. The molecule has 4 aliphatic carbocycles. The molecular weight excluding hydrogens is 584 g/mol. The topological polar surface area (TPSA) is 127 Å². The molecule has 2 bridgehead atoms. The molecule has 36 heavy (non-hydrogen) atoms. The zero-order chi connectivity index (χ0) is 25.7. The van der Waals surface area contributed by atoms with Crippen LogP contribution in [0.25, 0.3) is 10.9 Å². The molecule has 0 aliphatic heterocycles. The van der Waals surface area contributed by atoms with E-state index in [2.05, 4.69) is 10.6 Å². The molecular formula is C24H23FIN5O5. The molecule has 3 aromatic rings. The van der Waals surface area contributed by atoms with Crippen molar-refractivity contribution in [1.29, 1.82) is 0 Å². The molecule has 1 amide bonds. The van der Waals surface area contributed by atoms with Gasteiger partial charge in [-0.3, -0.25) is 23.3 Å². The fourth-order valence-electron chi connectivity index (χ4n) is 6.11. The Labute approximate surface area is 216 Å². The molecule has 0 radical (unpaired) electrons. The number of aryl methyl sites for hydroxylation is 1. The Bertz CT molecular complexity index is 1670. The van der Waals surface area contributed by atoms with Gasteiger partial charge >= 0.3 is 11.8 Å². The van der Waals surface area contributed by atoms with E-state index in [0.29, 0.717) is 35.7 Å². The van der Waals surface area contributed by atoms with Gasteiger partial charge in [-0.1, -0.05) is 0 Å². The second kappa shape index (κ2) is 7.43. The molecule has 0 spiro atoms. The molecule has 7 rings (SSSR count). The van der Waals surface area contributed by atoms with Crippen LogP contribution in [0.15, 0.2) is 32.6 Å². The highest BCUT2D eigenvalue weighted by atomic mass is 127. The first kappa shape index (κ1) is 23.3. The first-order valence-corrected chi connectivity index (χ1v) is 12.7. The van der Waals surface area contributed by atoms with E-state index in [4.69, 9.17) is 0 Å². The van der Waals surface area contributed by atoms with Gasteiger partial charge in [0.25, 0.3) is 11.1 Å². The molecule has 1 aromatic carbocycles. The normalized spacial score (nSPS) is 24.2. The smallest absolute Gasteiger partial charge is 0.405 e. The largest absolute Gasteiger partial charge is 0.465 e. The average molecular weight is 607 g/mol. The summed E-state index contributed by atoms with van der Waals surface area (Å²) in [5, 5.41) is 14.8. The number of fused-ring (bicyclic) bond motifs is 1. The van der Waals surface area contributed by atoms with Crippen LogP contribution >= 0.6 is 22.6 Å². The molecule has 188 valence electrons. The maximum Gasteiger partial charge on any atom is 0.405 e. The Morgan fingerprint density at radius 2 is 1.83 bits per heavy atom. The van der Waals surface area contributed by atoms with Gasteiger partial charge < -0.3 is 15.7 Å². The maximum atomic E-state index is 14.8. The number of hydrogen-bond acceptors (Lipinski definition) is 5. The third-order valence-electron chi connectivity index (χ3n) is 7.79. The number of aromatic nitrogens is 3. The van der Waals surface area contributed by atoms with E-state index in [0.717, 1.165) is 0 Å². The van der Waals surface area contributed by atoms with Crippen molar-refractivity contribution in [3.05, 3.63) is 64.3 Å². The number of benzene rings is 1. The third-order valence-corrected chi connectivity index (χ3v) is 8.46. The molecule has 0 saturated heterocycles. The molecule has 10 nitrogen and oxygen atoms in total. The molecule has 12 heteroatoms. The second-order valence-electron chi connectivity index (χ2n) is 10.3. The SMILES string of the molecule is Cc1c(=O)n(C)c(Nc2ccc(I)cc2F)c2c(=O)n(C3CC3)c(=O)n(C34CC(NC(=O)O)(C3)C4)c12. The van der Waals surface area contributed by atoms with Gasteiger partial charge in [0.2, 0.25) is 0 Å². The number of nitrogens with zero attached hydrogens (tertiary/aromatic N) is 3. The van der Waals surface area contributed by atoms with Crippen LogP contribution in [0.2, 0.25) is 0 Å². The van der Waals surface area contributed by atoms with Crippen LogP contribution in [-0.2, 0) is 12.6 Å². The summed E-state index contributed by atoms with van der Waals surface area (Å²) < 4.78 is 19.5. The lowest BCUT2D eigenvalue weighted by Crippen LogP contribution is -2.80. The number of amides is 1. The molecule has 4 fully saturated rings. The van der Waals surface area contributed by atoms with Crippen LogP contribution in [-0.4, -0.2) is 30.4 Å². The summed E-state index contributed by atoms with van der Waals surface area (Å²) in [6, 6.07) is 4.34. The Hall–Kier alpha value is -3.16. The maximum absolute atomic E-state index is 14.8. The summed E-state index contributed by atoms with van der Waals surface area (Å²) in [5.41, 5.74) is -2.15. The Morgan fingerprint density at radius 1 is 1.17 bits per heavy atom. The monoisotopic (exact) mass is 607 g/mol. The van der Waals surface area contributed by atoms with Crippen LogP contribution < -0.4 is 27.4 Å². The molecule has 3 N–H and O–H groups in total. The first-order chi connectivity index (χ1) is 17.0. The molecule has 4 saturated carbocycles. The van der Waals surface area contributed by atoms with Gasteiger partial charge in [-0.2, -0.15) is 0 Å². The van der Waals surface area contributed by atoms with E-state index >= 15 is 0 Å². The van der Waals surface area contributed by atoms with Crippen LogP contribution in [0.4, 0.5) is 20.7 Å². The predicted molar refractivity (Wildman–Crippen MR) is 139 cm³/mol. The Balaban J connectivity index is 1.64. The fraction of sp³-hybridized carbons (Fsp3) is 0.417. The molecule has 0 atom stereocenters. The van der Waals surface area contributed by atoms with Crippen molar-refractivity contribution >= 4 is 51.1 Å². The molecule has 2 heterocycles. The summed E-state index contributed by atoms with van der Waals surface area (Å²) in [6.07, 6.45) is 1.45. The summed E-state index contributed by atoms with van der Waals surface area (Å²) in [5.74, 6) is -0.432. The number of hydrogen-bond donors (Lipinski definition) is 3. The molecule has 2 aromatic heterocycles. The van der Waals surface area contributed by atoms with Crippen molar-refractivity contribution in [2.45, 2.75) is 56.1 Å². The van der Waals surface area contributed by atoms with Crippen LogP contribution in [0.5, 0.6) is 0 Å². The lowest BCUT2D eigenvalue weighted by Gasteiger charge is -2.70. The Kier molecular flexibility index (Phi) is 4.80. The molecule has 4 aliphatic rings. The van der Waals surface area contributed by atoms with Crippen molar-refractivity contribution in [1.82, 2.24) is 19.0 Å². The highest BCUT2D eigenvalue weighted by Crippen LogP contribution is 2.65. The number of rotatable bonds is 5. The number of halogens is 2. The van der Waals surface area contributed by atoms with E-state index in [1.807, 2.05) is 22.6 Å². The zero-order valence-electron chi connectivity index (χ0n) is 19.5. The minimum atomic E-state index is -1.13. The van der Waals surface area contributed by atoms with Gasteiger partial charge in [-0.05, 0) is 79.8 Å². The summed E-state index contributed by atoms with van der Waals surface area (Å²) in [4.78, 5) is 52.1. The van der Waals surface area contributed by atoms with Gasteiger partial charge in [-0.15, -0.1) is 0 Å². The lowest BCUT2D eigenvalue weighted by atomic mass is 9.44. The number of anilines is 2. The highest BCUT2D eigenvalue weighted by molar-refractivity contribution is 14.1. The summed E-state index contributed by atoms with van der Waals surface area (Å²) in [6.45, 7) is 1.58. The van der Waals surface area contributed by atoms with Crippen LogP contribution in [0.3, 0.4) is 0 Å². The van der Waals surface area contributed by atoms with Gasteiger partial charge in [0.1, 0.15) is 17.0 Å². The van der Waals surface area contributed by atoms with Crippen LogP contribution in [0, 0.1) is 16.3 Å². The minimum Gasteiger partial charge on any atom is -0.465 e. The van der Waals surface area contributed by atoms with Crippen molar-refractivity contribution in [3.8, 4) is 0 Å². The van der Waals surface area contributed by atoms with Gasteiger partial charge in [0, 0.05) is 22.2 Å².